The van der Waals surface area contributed by atoms with Crippen LogP contribution in [-0.4, -0.2) is 43.6 Å². The maximum Gasteiger partial charge on any atom is 0.247 e. The Morgan fingerprint density at radius 3 is 2.71 bits per heavy atom. The highest BCUT2D eigenvalue weighted by Crippen LogP contribution is 2.17. The zero-order chi connectivity index (χ0) is 19.8. The summed E-state index contributed by atoms with van der Waals surface area (Å²) in [6.45, 7) is 5.30. The van der Waals surface area contributed by atoms with E-state index < -0.39 is 0 Å². The number of amides is 1. The Labute approximate surface area is 161 Å². The van der Waals surface area contributed by atoms with E-state index in [2.05, 4.69) is 42.1 Å². The molecular formula is C19H18N8O. The quantitative estimate of drug-likeness (QED) is 0.639. The number of carbonyl (C=O) groups excluding carboxylic acids is 1. The number of nitrogens with one attached hydrogen (secondary N) is 1. The second-order valence-corrected chi connectivity index (χ2v) is 5.62. The molecule has 0 aliphatic carbocycles. The summed E-state index contributed by atoms with van der Waals surface area (Å²) in [6, 6.07) is 3.50. The Bertz CT molecular complexity index is 1010. The molecule has 0 saturated carbocycles. The summed E-state index contributed by atoms with van der Waals surface area (Å²) in [5.41, 5.74) is 3.07. The third kappa shape index (κ3) is 4.79. The molecule has 0 bridgehead atoms. The molecule has 0 fully saturated rings. The molecule has 0 atom stereocenters. The van der Waals surface area contributed by atoms with Crippen molar-refractivity contribution in [2.75, 3.05) is 5.32 Å². The van der Waals surface area contributed by atoms with Crippen LogP contribution in [0, 0.1) is 0 Å². The number of hydrogen-bond acceptors (Lipinski definition) is 7. The lowest BCUT2D eigenvalue weighted by Crippen LogP contribution is -2.19. The van der Waals surface area contributed by atoms with Crippen LogP contribution in [0.5, 0.6) is 0 Å². The molecule has 1 N–H and O–H groups in total. The summed E-state index contributed by atoms with van der Waals surface area (Å²) in [5, 5.41) is 6.93. The maximum atomic E-state index is 12.3. The van der Waals surface area contributed by atoms with Gasteiger partial charge in [0.1, 0.15) is 18.7 Å². The minimum absolute atomic E-state index is 0.0583. The molecule has 9 nitrogen and oxygen atoms in total. The molecule has 28 heavy (non-hydrogen) atoms. The maximum absolute atomic E-state index is 12.3. The fourth-order valence-corrected chi connectivity index (χ4v) is 2.40. The molecule has 3 aromatic heterocycles. The number of anilines is 1. The summed E-state index contributed by atoms with van der Waals surface area (Å²) in [7, 11) is 0. The van der Waals surface area contributed by atoms with E-state index in [9.17, 15) is 4.79 Å². The van der Waals surface area contributed by atoms with Gasteiger partial charge < -0.3 is 5.32 Å². The predicted molar refractivity (Wildman–Crippen MR) is 108 cm³/mol. The van der Waals surface area contributed by atoms with Crippen LogP contribution in [0.2, 0.25) is 0 Å². The van der Waals surface area contributed by atoms with Crippen molar-refractivity contribution in [3.05, 3.63) is 61.2 Å². The van der Waals surface area contributed by atoms with Gasteiger partial charge in [0.15, 0.2) is 0 Å². The van der Waals surface area contributed by atoms with Crippen LogP contribution >= 0.6 is 0 Å². The molecule has 0 aromatic carbocycles. The molecule has 0 radical (unpaired) electrons. The van der Waals surface area contributed by atoms with E-state index in [1.54, 1.807) is 60.2 Å². The van der Waals surface area contributed by atoms with Crippen LogP contribution in [0.4, 0.5) is 5.82 Å². The van der Waals surface area contributed by atoms with Crippen molar-refractivity contribution in [2.24, 2.45) is 9.98 Å². The average Bonchev–Trinajstić information content (AvgIpc) is 3.17. The van der Waals surface area contributed by atoms with Crippen LogP contribution in [0.15, 0.2) is 65.6 Å². The van der Waals surface area contributed by atoms with Crippen molar-refractivity contribution in [3.63, 3.8) is 0 Å². The fraction of sp³-hybridized carbons (Fsp3) is 0.105. The normalized spacial score (nSPS) is 11.5. The smallest absolute Gasteiger partial charge is 0.247 e. The minimum atomic E-state index is -0.241. The number of aromatic nitrogens is 5. The van der Waals surface area contributed by atoms with E-state index >= 15 is 0 Å². The summed E-state index contributed by atoms with van der Waals surface area (Å²) >= 11 is 0. The van der Waals surface area contributed by atoms with Gasteiger partial charge in [-0.15, -0.1) is 0 Å². The number of hydrogen-bond donors (Lipinski definition) is 1. The lowest BCUT2D eigenvalue weighted by molar-refractivity contribution is -0.116. The Morgan fingerprint density at radius 2 is 2.04 bits per heavy atom. The van der Waals surface area contributed by atoms with E-state index in [4.69, 9.17) is 0 Å². The molecule has 0 aliphatic heterocycles. The summed E-state index contributed by atoms with van der Waals surface area (Å²) in [5.74, 6) is 0.193. The monoisotopic (exact) mass is 374 g/mol. The number of rotatable bonds is 7. The third-order valence-corrected chi connectivity index (χ3v) is 3.64. The molecule has 0 aliphatic rings. The van der Waals surface area contributed by atoms with E-state index in [1.807, 2.05) is 6.92 Å². The number of pyridine rings is 1. The average molecular weight is 374 g/mol. The highest BCUT2D eigenvalue weighted by atomic mass is 16.2. The molecule has 1 amide bonds. The molecule has 0 unspecified atom stereocenters. The predicted octanol–water partition coefficient (Wildman–Crippen LogP) is 2.46. The van der Waals surface area contributed by atoms with Gasteiger partial charge in [-0.1, -0.05) is 0 Å². The fourth-order valence-electron chi connectivity index (χ4n) is 2.40. The van der Waals surface area contributed by atoms with Crippen molar-refractivity contribution < 1.29 is 4.79 Å². The van der Waals surface area contributed by atoms with Gasteiger partial charge >= 0.3 is 0 Å². The van der Waals surface area contributed by atoms with Gasteiger partial charge in [0.2, 0.25) is 5.91 Å². The summed E-state index contributed by atoms with van der Waals surface area (Å²) < 4.78 is 1.54. The lowest BCUT2D eigenvalue weighted by atomic mass is 10.2. The Balaban J connectivity index is 1.63. The second-order valence-electron chi connectivity index (χ2n) is 5.62. The topological polar surface area (TPSA) is 110 Å². The van der Waals surface area contributed by atoms with Crippen molar-refractivity contribution in [3.8, 4) is 11.1 Å². The first-order chi connectivity index (χ1) is 13.7. The van der Waals surface area contributed by atoms with Gasteiger partial charge in [0, 0.05) is 47.7 Å². The first-order valence-electron chi connectivity index (χ1n) is 8.38. The summed E-state index contributed by atoms with van der Waals surface area (Å²) in [6.07, 6.45) is 13.1. The zero-order valence-corrected chi connectivity index (χ0v) is 15.2. The van der Waals surface area contributed by atoms with E-state index in [1.165, 1.54) is 6.33 Å². The lowest BCUT2D eigenvalue weighted by Gasteiger charge is -2.06. The van der Waals surface area contributed by atoms with Crippen molar-refractivity contribution in [1.82, 2.24) is 24.7 Å². The first kappa shape index (κ1) is 18.8. The largest absolute Gasteiger partial charge is 0.309 e. The number of aliphatic imine (C=N–C) groups is 2. The van der Waals surface area contributed by atoms with Crippen LogP contribution < -0.4 is 5.32 Å². The first-order valence-corrected chi connectivity index (χ1v) is 8.38. The number of carbonyl (C=O) groups is 1. The molecule has 0 saturated heterocycles. The van der Waals surface area contributed by atoms with E-state index in [0.717, 1.165) is 16.7 Å². The molecule has 0 spiro atoms. The summed E-state index contributed by atoms with van der Waals surface area (Å²) in [4.78, 5) is 32.4. The van der Waals surface area contributed by atoms with Gasteiger partial charge in [0.05, 0.1) is 18.1 Å². The molecule has 3 aromatic rings. The second kappa shape index (κ2) is 9.08. The molecule has 3 rings (SSSR count). The molecule has 3 heterocycles. The van der Waals surface area contributed by atoms with Crippen LogP contribution in [0.25, 0.3) is 16.8 Å². The van der Waals surface area contributed by atoms with Crippen molar-refractivity contribution in [2.45, 2.75) is 13.5 Å². The molecular weight excluding hydrogens is 356 g/mol. The van der Waals surface area contributed by atoms with Gasteiger partial charge in [-0.25, -0.2) is 15.0 Å². The molecule has 140 valence electrons. The third-order valence-electron chi connectivity index (χ3n) is 3.64. The number of nitrogens with zero attached hydrogens (tertiary/aromatic N) is 7. The van der Waals surface area contributed by atoms with Crippen LogP contribution in [-0.2, 0) is 11.3 Å². The van der Waals surface area contributed by atoms with Gasteiger partial charge in [-0.3, -0.25) is 19.5 Å². The highest BCUT2D eigenvalue weighted by Gasteiger charge is 2.08. The van der Waals surface area contributed by atoms with E-state index in [-0.39, 0.29) is 12.5 Å². The van der Waals surface area contributed by atoms with Gasteiger partial charge in [-0.2, -0.15) is 5.10 Å². The minimum Gasteiger partial charge on any atom is -0.309 e. The molecule has 9 heteroatoms. The van der Waals surface area contributed by atoms with E-state index in [0.29, 0.717) is 11.5 Å². The Kier molecular flexibility index (Phi) is 6.09. The standard InChI is InChI=1S/C19H18N8O/c1-3-23-17(10-20-2)14-4-5-18(24-8-14)26-19(28)12-27-11-16(9-25-27)15-6-21-13-22-7-15/h3-11,13H,2,12H2,1H3,(H,24,26,28)/b17-10-,23-3?. The van der Waals surface area contributed by atoms with Gasteiger partial charge in [-0.05, 0) is 25.8 Å². The SMILES string of the molecule is C=N/C=C(\N=CC)c1ccc(NC(=O)Cn2cc(-c3cncnc3)cn2)nc1. The van der Waals surface area contributed by atoms with Crippen LogP contribution in [0.3, 0.4) is 0 Å². The van der Waals surface area contributed by atoms with Crippen molar-refractivity contribution >= 4 is 30.4 Å². The van der Waals surface area contributed by atoms with Gasteiger partial charge in [0.25, 0.3) is 0 Å². The highest BCUT2D eigenvalue weighted by molar-refractivity contribution is 5.89. The zero-order valence-electron chi connectivity index (χ0n) is 15.2. The Hall–Kier alpha value is -4.01. The Morgan fingerprint density at radius 1 is 1.21 bits per heavy atom. The van der Waals surface area contributed by atoms with Crippen molar-refractivity contribution in [1.29, 1.82) is 0 Å². The van der Waals surface area contributed by atoms with Crippen LogP contribution in [0.1, 0.15) is 12.5 Å².